The predicted molar refractivity (Wildman–Crippen MR) is 120 cm³/mol. The number of alkyl halides is 5. The molecular formula is C22H21F5N4O3S. The van der Waals surface area contributed by atoms with Crippen molar-refractivity contribution >= 4 is 22.2 Å². The quantitative estimate of drug-likeness (QED) is 0.288. The highest BCUT2D eigenvalue weighted by atomic mass is 32.1. The molecule has 2 atom stereocenters. The van der Waals surface area contributed by atoms with Gasteiger partial charge in [0.2, 0.25) is 0 Å². The van der Waals surface area contributed by atoms with Gasteiger partial charge in [-0.25, -0.2) is 4.98 Å². The maximum Gasteiger partial charge on any atom is 0.416 e. The fraction of sp³-hybridized carbons (Fsp3) is 0.318. The van der Waals surface area contributed by atoms with Gasteiger partial charge >= 0.3 is 12.1 Å². The smallest absolute Gasteiger partial charge is 0.416 e. The van der Waals surface area contributed by atoms with Gasteiger partial charge in [-0.2, -0.15) is 22.0 Å². The van der Waals surface area contributed by atoms with E-state index in [0.717, 1.165) is 23.5 Å². The summed E-state index contributed by atoms with van der Waals surface area (Å²) < 4.78 is 72.2. The first-order chi connectivity index (χ1) is 16.5. The van der Waals surface area contributed by atoms with Crippen molar-refractivity contribution in [3.8, 4) is 16.2 Å². The highest BCUT2D eigenvalue weighted by Gasteiger charge is 2.38. The van der Waals surface area contributed by atoms with E-state index in [1.165, 1.54) is 18.2 Å². The van der Waals surface area contributed by atoms with Crippen LogP contribution in [0.5, 0.6) is 5.75 Å². The molecule has 0 bridgehead atoms. The van der Waals surface area contributed by atoms with Crippen molar-refractivity contribution < 1.29 is 36.9 Å². The fourth-order valence-electron chi connectivity index (χ4n) is 3.50. The number of anilines is 2. The number of nitrogens with two attached hydrogens (primary N) is 1. The Bertz CT molecular complexity index is 1190. The van der Waals surface area contributed by atoms with Crippen LogP contribution >= 0.6 is 11.3 Å². The van der Waals surface area contributed by atoms with Crippen molar-refractivity contribution in [3.05, 3.63) is 59.3 Å². The van der Waals surface area contributed by atoms with E-state index in [1.807, 2.05) is 0 Å². The lowest BCUT2D eigenvalue weighted by Crippen LogP contribution is -2.31. The summed E-state index contributed by atoms with van der Waals surface area (Å²) in [6, 6.07) is 8.68. The predicted octanol–water partition coefficient (Wildman–Crippen LogP) is 3.98. The average molecular weight is 516 g/mol. The van der Waals surface area contributed by atoms with E-state index in [2.05, 4.69) is 15.6 Å². The molecular weight excluding hydrogens is 495 g/mol. The summed E-state index contributed by atoms with van der Waals surface area (Å²) in [5, 5.41) is 24.4. The summed E-state index contributed by atoms with van der Waals surface area (Å²) in [4.78, 5) is 4.06. The minimum Gasteiger partial charge on any atom is -0.445 e. The van der Waals surface area contributed by atoms with Gasteiger partial charge in [0.1, 0.15) is 18.1 Å². The summed E-state index contributed by atoms with van der Waals surface area (Å²) in [6.07, 6.45) is -5.43. The molecule has 0 aliphatic carbocycles. The Labute approximate surface area is 200 Å². The molecule has 0 spiro atoms. The molecule has 0 saturated heterocycles. The number of ether oxygens (including phenoxy) is 1. The van der Waals surface area contributed by atoms with E-state index in [4.69, 9.17) is 10.5 Å². The van der Waals surface area contributed by atoms with Crippen LogP contribution in [0.25, 0.3) is 10.4 Å². The molecule has 13 heteroatoms. The molecule has 35 heavy (non-hydrogen) atoms. The minimum absolute atomic E-state index is 0.0932. The van der Waals surface area contributed by atoms with Gasteiger partial charge in [0.05, 0.1) is 16.1 Å². The van der Waals surface area contributed by atoms with E-state index in [9.17, 15) is 32.2 Å². The number of rotatable bonds is 8. The standard InChI is InChI=1S/C22H21F5N4O3S/c23-21(24,10-32)18-17(12-3-6-15-16(8-12)34-20(33)30-15)35-19(31-18)29-9-14(28)7-11-1-4-13(5-2-11)22(25,26)27/h1-6,8,14,20,30,32-33H,7,9-10,28H2,(H,29,31)/t14-,20?/m0/s1. The molecule has 2 aromatic carbocycles. The summed E-state index contributed by atoms with van der Waals surface area (Å²) in [5.41, 5.74) is 6.12. The zero-order chi connectivity index (χ0) is 25.4. The van der Waals surface area contributed by atoms with Crippen LogP contribution in [0, 0.1) is 0 Å². The summed E-state index contributed by atoms with van der Waals surface area (Å²) in [5.74, 6) is -3.35. The van der Waals surface area contributed by atoms with E-state index >= 15 is 0 Å². The maximum atomic E-state index is 14.5. The van der Waals surface area contributed by atoms with Gasteiger partial charge < -0.3 is 31.3 Å². The van der Waals surface area contributed by atoms with Crippen LogP contribution in [0.3, 0.4) is 0 Å². The number of aromatic nitrogens is 1. The molecule has 4 rings (SSSR count). The van der Waals surface area contributed by atoms with Crippen molar-refractivity contribution in [2.45, 2.75) is 31.0 Å². The topological polar surface area (TPSA) is 113 Å². The van der Waals surface area contributed by atoms with Crippen LogP contribution in [-0.2, 0) is 18.5 Å². The largest absolute Gasteiger partial charge is 0.445 e. The molecule has 1 aliphatic heterocycles. The van der Waals surface area contributed by atoms with Crippen molar-refractivity contribution in [3.63, 3.8) is 0 Å². The number of hydrogen-bond donors (Lipinski definition) is 5. The van der Waals surface area contributed by atoms with Crippen LogP contribution < -0.4 is 21.1 Å². The third-order valence-electron chi connectivity index (χ3n) is 5.23. The van der Waals surface area contributed by atoms with Crippen LogP contribution in [0.4, 0.5) is 32.8 Å². The Kier molecular flexibility index (Phi) is 6.86. The molecule has 7 nitrogen and oxygen atoms in total. The molecule has 1 aliphatic rings. The fourth-order valence-corrected chi connectivity index (χ4v) is 4.52. The van der Waals surface area contributed by atoms with Gasteiger partial charge in [-0.3, -0.25) is 0 Å². The molecule has 0 fully saturated rings. The molecule has 0 radical (unpaired) electrons. The van der Waals surface area contributed by atoms with E-state index in [1.54, 1.807) is 12.1 Å². The average Bonchev–Trinajstić information content (AvgIpc) is 3.40. The van der Waals surface area contributed by atoms with Gasteiger partial charge in [-0.05, 0) is 41.8 Å². The number of thiazole rings is 1. The Hall–Kier alpha value is -3.00. The molecule has 0 saturated carbocycles. The number of benzene rings is 2. The number of halogens is 5. The van der Waals surface area contributed by atoms with Gasteiger partial charge in [-0.15, -0.1) is 0 Å². The zero-order valence-corrected chi connectivity index (χ0v) is 18.8. The van der Waals surface area contributed by atoms with Crippen molar-refractivity contribution in [1.29, 1.82) is 0 Å². The van der Waals surface area contributed by atoms with Crippen LogP contribution in [0.2, 0.25) is 0 Å². The maximum absolute atomic E-state index is 14.5. The van der Waals surface area contributed by atoms with Crippen LogP contribution in [-0.4, -0.2) is 40.8 Å². The summed E-state index contributed by atoms with van der Waals surface area (Å²) in [6.45, 7) is -1.33. The second kappa shape index (κ2) is 9.57. The first-order valence-corrected chi connectivity index (χ1v) is 11.2. The van der Waals surface area contributed by atoms with Gasteiger partial charge in [-0.1, -0.05) is 29.5 Å². The highest BCUT2D eigenvalue weighted by molar-refractivity contribution is 7.19. The second-order valence-electron chi connectivity index (χ2n) is 7.92. The third kappa shape index (κ3) is 5.64. The zero-order valence-electron chi connectivity index (χ0n) is 17.9. The summed E-state index contributed by atoms with van der Waals surface area (Å²) in [7, 11) is 0. The lowest BCUT2D eigenvalue weighted by Gasteiger charge is -2.13. The Morgan fingerprint density at radius 3 is 2.51 bits per heavy atom. The first-order valence-electron chi connectivity index (χ1n) is 10.4. The number of aliphatic hydroxyl groups excluding tert-OH is 2. The Morgan fingerprint density at radius 1 is 1.14 bits per heavy atom. The normalized spacial score (nSPS) is 16.4. The number of nitrogens with one attached hydrogen (secondary N) is 2. The lowest BCUT2D eigenvalue weighted by atomic mass is 10.0. The molecule has 188 valence electrons. The Morgan fingerprint density at radius 2 is 1.86 bits per heavy atom. The molecule has 1 unspecified atom stereocenters. The number of fused-ring (bicyclic) bond motifs is 1. The van der Waals surface area contributed by atoms with Crippen LogP contribution in [0.15, 0.2) is 42.5 Å². The molecule has 1 aromatic heterocycles. The van der Waals surface area contributed by atoms with Gasteiger partial charge in [0.15, 0.2) is 5.13 Å². The van der Waals surface area contributed by atoms with Crippen molar-refractivity contribution in [2.75, 3.05) is 23.8 Å². The lowest BCUT2D eigenvalue weighted by molar-refractivity contribution is -0.137. The minimum atomic E-state index is -4.43. The molecule has 3 aromatic rings. The number of aliphatic hydroxyl groups is 2. The van der Waals surface area contributed by atoms with Gasteiger partial charge in [0.25, 0.3) is 6.41 Å². The molecule has 2 heterocycles. The van der Waals surface area contributed by atoms with E-state index in [-0.39, 0.29) is 28.7 Å². The number of hydrogen-bond acceptors (Lipinski definition) is 8. The third-order valence-corrected chi connectivity index (χ3v) is 6.29. The van der Waals surface area contributed by atoms with Gasteiger partial charge in [0, 0.05) is 12.6 Å². The molecule has 0 amide bonds. The van der Waals surface area contributed by atoms with Crippen molar-refractivity contribution in [2.24, 2.45) is 5.73 Å². The SMILES string of the molecule is N[C@H](CNc1nc(C(F)(F)CO)c(-c2ccc3c(c2)OC(O)N3)s1)Cc1ccc(C(F)(F)F)cc1. The Balaban J connectivity index is 1.49. The highest BCUT2D eigenvalue weighted by Crippen LogP contribution is 2.44. The van der Waals surface area contributed by atoms with Crippen molar-refractivity contribution in [1.82, 2.24) is 4.98 Å². The van der Waals surface area contributed by atoms with Crippen LogP contribution in [0.1, 0.15) is 16.8 Å². The first kappa shape index (κ1) is 25.1. The summed E-state index contributed by atoms with van der Waals surface area (Å²) >= 11 is 0.922. The number of nitrogens with zero attached hydrogens (tertiary/aromatic N) is 1. The second-order valence-corrected chi connectivity index (χ2v) is 8.92. The monoisotopic (exact) mass is 516 g/mol. The van der Waals surface area contributed by atoms with E-state index < -0.39 is 42.4 Å². The molecule has 6 N–H and O–H groups in total. The van der Waals surface area contributed by atoms with E-state index in [0.29, 0.717) is 16.8 Å².